The summed E-state index contributed by atoms with van der Waals surface area (Å²) in [5.41, 5.74) is 6.17. The van der Waals surface area contributed by atoms with Gasteiger partial charge in [-0.1, -0.05) is 24.3 Å². The minimum atomic E-state index is -1.09. The Hall–Kier alpha value is -2.36. The maximum absolute atomic E-state index is 11.1. The van der Waals surface area contributed by atoms with Crippen LogP contribution in [-0.2, 0) is 0 Å². The number of carboxylic acid groups (broad SMARTS) is 1. The van der Waals surface area contributed by atoms with Crippen LogP contribution in [0.2, 0.25) is 0 Å². The first-order valence-corrected chi connectivity index (χ1v) is 4.65. The number of carbonyl (C=O) groups excluding carboxylic acids is 1. The van der Waals surface area contributed by atoms with Gasteiger partial charge in [-0.25, -0.2) is 4.79 Å². The number of hydrogen-bond donors (Lipinski definition) is 2. The fourth-order valence-electron chi connectivity index (χ4n) is 1.76. The Balaban J connectivity index is 2.97. The minimum Gasteiger partial charge on any atom is -0.478 e. The number of anilines is 1. The average molecular weight is 215 g/mol. The summed E-state index contributed by atoms with van der Waals surface area (Å²) in [6.45, 7) is 0. The third-order valence-electron chi connectivity index (χ3n) is 2.45. The Morgan fingerprint density at radius 3 is 2.44 bits per heavy atom. The van der Waals surface area contributed by atoms with Gasteiger partial charge in [0.25, 0.3) is 0 Å². The van der Waals surface area contributed by atoms with E-state index in [0.29, 0.717) is 22.6 Å². The summed E-state index contributed by atoms with van der Waals surface area (Å²) in [7, 11) is 0. The summed E-state index contributed by atoms with van der Waals surface area (Å²) in [6.07, 6.45) is 0.671. The zero-order valence-corrected chi connectivity index (χ0v) is 8.31. The van der Waals surface area contributed by atoms with Crippen molar-refractivity contribution < 1.29 is 14.7 Å². The van der Waals surface area contributed by atoms with Crippen molar-refractivity contribution in [3.63, 3.8) is 0 Å². The van der Waals surface area contributed by atoms with Crippen molar-refractivity contribution in [2.24, 2.45) is 0 Å². The SMILES string of the molecule is Nc1cc(C=O)c2ccccc2c1C(=O)O. The Labute approximate surface area is 91.3 Å². The van der Waals surface area contributed by atoms with Gasteiger partial charge in [0.15, 0.2) is 6.29 Å². The number of carbonyl (C=O) groups is 2. The lowest BCUT2D eigenvalue weighted by Gasteiger charge is -2.08. The molecule has 4 heteroatoms. The molecular formula is C12H9NO3. The van der Waals surface area contributed by atoms with Crippen LogP contribution in [0.1, 0.15) is 20.7 Å². The molecule has 0 unspecified atom stereocenters. The van der Waals surface area contributed by atoms with Crippen LogP contribution < -0.4 is 5.73 Å². The molecule has 0 heterocycles. The van der Waals surface area contributed by atoms with Crippen LogP contribution >= 0.6 is 0 Å². The summed E-state index contributed by atoms with van der Waals surface area (Å²) in [6, 6.07) is 8.19. The molecule has 4 nitrogen and oxygen atoms in total. The summed E-state index contributed by atoms with van der Waals surface area (Å²) < 4.78 is 0. The molecule has 0 fully saturated rings. The Morgan fingerprint density at radius 1 is 1.25 bits per heavy atom. The Morgan fingerprint density at radius 2 is 1.88 bits per heavy atom. The number of rotatable bonds is 2. The van der Waals surface area contributed by atoms with E-state index < -0.39 is 5.97 Å². The molecule has 0 amide bonds. The van der Waals surface area contributed by atoms with E-state index in [1.165, 1.54) is 6.07 Å². The molecule has 0 bridgehead atoms. The molecular weight excluding hydrogens is 206 g/mol. The maximum Gasteiger partial charge on any atom is 0.338 e. The number of benzene rings is 2. The van der Waals surface area contributed by atoms with E-state index in [1.807, 2.05) is 0 Å². The van der Waals surface area contributed by atoms with Gasteiger partial charge in [-0.15, -0.1) is 0 Å². The molecule has 16 heavy (non-hydrogen) atoms. The fourth-order valence-corrected chi connectivity index (χ4v) is 1.76. The van der Waals surface area contributed by atoms with Crippen LogP contribution in [0.15, 0.2) is 30.3 Å². The standard InChI is InChI=1S/C12H9NO3/c13-10-5-7(6-14)8-3-1-2-4-9(8)11(10)12(15)16/h1-6H,13H2,(H,15,16). The first-order valence-electron chi connectivity index (χ1n) is 4.65. The molecule has 2 rings (SSSR count). The maximum atomic E-state index is 11.1. The lowest BCUT2D eigenvalue weighted by Crippen LogP contribution is -2.04. The van der Waals surface area contributed by atoms with E-state index in [0.717, 1.165) is 0 Å². The topological polar surface area (TPSA) is 80.4 Å². The van der Waals surface area contributed by atoms with E-state index in [4.69, 9.17) is 10.8 Å². The van der Waals surface area contributed by atoms with Crippen molar-refractivity contribution in [1.29, 1.82) is 0 Å². The molecule has 80 valence electrons. The first-order chi connectivity index (χ1) is 7.65. The second-order valence-electron chi connectivity index (χ2n) is 3.40. The number of nitrogen functional groups attached to an aromatic ring is 1. The third kappa shape index (κ3) is 1.40. The summed E-state index contributed by atoms with van der Waals surface area (Å²) in [5, 5.41) is 10.1. The molecule has 3 N–H and O–H groups in total. The number of nitrogens with two attached hydrogens (primary N) is 1. The van der Waals surface area contributed by atoms with Crippen LogP contribution in [0.5, 0.6) is 0 Å². The highest BCUT2D eigenvalue weighted by Crippen LogP contribution is 2.27. The van der Waals surface area contributed by atoms with E-state index in [1.54, 1.807) is 24.3 Å². The quantitative estimate of drug-likeness (QED) is 0.592. The highest BCUT2D eigenvalue weighted by atomic mass is 16.4. The summed E-state index contributed by atoms with van der Waals surface area (Å²) in [4.78, 5) is 21.9. The van der Waals surface area contributed by atoms with Gasteiger partial charge in [-0.3, -0.25) is 4.79 Å². The summed E-state index contributed by atoms with van der Waals surface area (Å²) in [5.74, 6) is -1.09. The predicted octanol–water partition coefficient (Wildman–Crippen LogP) is 1.93. The second kappa shape index (κ2) is 3.66. The molecule has 0 atom stereocenters. The minimum absolute atomic E-state index is 0.0428. The molecule has 0 aliphatic rings. The largest absolute Gasteiger partial charge is 0.478 e. The monoisotopic (exact) mass is 215 g/mol. The van der Waals surface area contributed by atoms with Gasteiger partial charge in [0.1, 0.15) is 0 Å². The molecule has 0 radical (unpaired) electrons. The van der Waals surface area contributed by atoms with Crippen LogP contribution in [0.4, 0.5) is 5.69 Å². The fraction of sp³-hybridized carbons (Fsp3) is 0. The van der Waals surface area contributed by atoms with Gasteiger partial charge in [-0.2, -0.15) is 0 Å². The van der Waals surface area contributed by atoms with Crippen molar-refractivity contribution in [1.82, 2.24) is 0 Å². The predicted molar refractivity (Wildman–Crippen MR) is 60.7 cm³/mol. The number of aromatic carboxylic acids is 1. The number of aldehydes is 1. The molecule has 0 aliphatic heterocycles. The third-order valence-corrected chi connectivity index (χ3v) is 2.45. The lowest BCUT2D eigenvalue weighted by atomic mass is 9.98. The second-order valence-corrected chi connectivity index (χ2v) is 3.40. The van der Waals surface area contributed by atoms with Crippen LogP contribution in [0.25, 0.3) is 10.8 Å². The molecule has 0 spiro atoms. The van der Waals surface area contributed by atoms with Crippen LogP contribution in [0.3, 0.4) is 0 Å². The smallest absolute Gasteiger partial charge is 0.338 e. The van der Waals surface area contributed by atoms with Crippen molar-refractivity contribution in [3.05, 3.63) is 41.5 Å². The van der Waals surface area contributed by atoms with Crippen LogP contribution in [0, 0.1) is 0 Å². The molecule has 2 aromatic rings. The zero-order valence-electron chi connectivity index (χ0n) is 8.31. The van der Waals surface area contributed by atoms with Crippen molar-refractivity contribution in [3.8, 4) is 0 Å². The van der Waals surface area contributed by atoms with Gasteiger partial charge in [-0.05, 0) is 16.8 Å². The zero-order chi connectivity index (χ0) is 11.7. The van der Waals surface area contributed by atoms with Gasteiger partial charge < -0.3 is 10.8 Å². The number of hydrogen-bond acceptors (Lipinski definition) is 3. The number of fused-ring (bicyclic) bond motifs is 1. The highest BCUT2D eigenvalue weighted by Gasteiger charge is 2.14. The molecule has 0 saturated heterocycles. The van der Waals surface area contributed by atoms with Crippen LogP contribution in [-0.4, -0.2) is 17.4 Å². The lowest BCUT2D eigenvalue weighted by molar-refractivity contribution is 0.0700. The molecule has 0 saturated carbocycles. The Bertz CT molecular complexity index is 590. The van der Waals surface area contributed by atoms with Crippen molar-refractivity contribution >= 4 is 28.7 Å². The van der Waals surface area contributed by atoms with Gasteiger partial charge in [0, 0.05) is 11.3 Å². The average Bonchev–Trinajstić information content (AvgIpc) is 2.27. The van der Waals surface area contributed by atoms with E-state index in [2.05, 4.69) is 0 Å². The van der Waals surface area contributed by atoms with Gasteiger partial charge >= 0.3 is 5.97 Å². The number of carboxylic acids is 1. The van der Waals surface area contributed by atoms with Gasteiger partial charge in [0.05, 0.1) is 5.56 Å². The normalized spacial score (nSPS) is 10.2. The highest BCUT2D eigenvalue weighted by molar-refractivity contribution is 6.12. The summed E-state index contributed by atoms with van der Waals surface area (Å²) >= 11 is 0. The van der Waals surface area contributed by atoms with E-state index >= 15 is 0 Å². The molecule has 0 aliphatic carbocycles. The van der Waals surface area contributed by atoms with E-state index in [9.17, 15) is 9.59 Å². The molecule has 2 aromatic carbocycles. The van der Waals surface area contributed by atoms with Crippen molar-refractivity contribution in [2.75, 3.05) is 5.73 Å². The van der Waals surface area contributed by atoms with Gasteiger partial charge in [0.2, 0.25) is 0 Å². The van der Waals surface area contributed by atoms with E-state index in [-0.39, 0.29) is 11.3 Å². The first kappa shape index (κ1) is 10.2. The van der Waals surface area contributed by atoms with Crippen molar-refractivity contribution in [2.45, 2.75) is 0 Å². The molecule has 0 aromatic heterocycles. The Kier molecular flexibility index (Phi) is 2.32.